The normalized spacial score (nSPS) is 22.6. The zero-order valence-electron chi connectivity index (χ0n) is 35.8. The molecule has 3 aromatic heterocycles. The maximum atomic E-state index is 14.3. The van der Waals surface area contributed by atoms with Gasteiger partial charge in [0.15, 0.2) is 11.3 Å². The van der Waals surface area contributed by atoms with Gasteiger partial charge in [0, 0.05) is 77.4 Å². The number of carbonyl (C=O) groups excluding carboxylic acids is 5. The highest BCUT2D eigenvalue weighted by Gasteiger charge is 2.47. The number of rotatable bonds is 14. The number of amides is 5. The van der Waals surface area contributed by atoms with Crippen LogP contribution in [0.3, 0.4) is 0 Å². The molecule has 7 heterocycles. The Morgan fingerprint density at radius 3 is 2.50 bits per heavy atom. The molecule has 340 valence electrons. The number of nitrogens with zero attached hydrogens (tertiary/aromatic N) is 9. The minimum absolute atomic E-state index is 0.0175. The molecule has 0 radical (unpaired) electrons. The molecule has 4 fully saturated rings. The van der Waals surface area contributed by atoms with E-state index in [1.165, 1.54) is 24.0 Å². The Morgan fingerprint density at radius 2 is 1.73 bits per heavy atom. The van der Waals surface area contributed by atoms with E-state index in [1.807, 2.05) is 6.07 Å². The molecule has 5 aliphatic rings. The molecule has 2 N–H and O–H groups in total. The number of likely N-dealkylation sites (N-methyl/N-ethyl adjacent to an activating group) is 1. The maximum Gasteiger partial charge on any atom is 0.284 e. The number of morpholine rings is 1. The highest BCUT2D eigenvalue weighted by atomic mass is 19.3. The second-order valence-electron chi connectivity index (χ2n) is 17.3. The summed E-state index contributed by atoms with van der Waals surface area (Å²) in [5.41, 5.74) is 1.05. The third-order valence-corrected chi connectivity index (χ3v) is 13.3. The second-order valence-corrected chi connectivity index (χ2v) is 17.3. The van der Waals surface area contributed by atoms with Gasteiger partial charge < -0.3 is 29.9 Å². The highest BCUT2D eigenvalue weighted by molar-refractivity contribution is 6.25. The number of piperidine rings is 2. The lowest BCUT2D eigenvalue weighted by Crippen LogP contribution is -2.54. The number of hydrogen-bond acceptors (Lipinski definition) is 13. The van der Waals surface area contributed by atoms with E-state index in [0.717, 1.165) is 68.0 Å². The number of nitrogens with one attached hydrogen (secondary N) is 2. The molecular formula is C44H53F2N11O7. The van der Waals surface area contributed by atoms with Crippen LogP contribution in [0, 0.1) is 5.92 Å². The first-order valence-corrected chi connectivity index (χ1v) is 22.3. The third kappa shape index (κ3) is 8.82. The zero-order valence-corrected chi connectivity index (χ0v) is 35.8. The number of imide groups is 2. The molecule has 5 amide bonds. The molecule has 1 atom stereocenters. The minimum Gasteiger partial charge on any atom is -0.384 e. The summed E-state index contributed by atoms with van der Waals surface area (Å²) in [5.74, 6) is -1.35. The third-order valence-electron chi connectivity index (χ3n) is 13.3. The Hall–Kier alpha value is -5.86. The smallest absolute Gasteiger partial charge is 0.284 e. The fraction of sp³-hybridized carbons (Fsp3) is 0.545. The number of aromatic nitrogens is 5. The van der Waals surface area contributed by atoms with Crippen molar-refractivity contribution < 1.29 is 42.2 Å². The topological polar surface area (TPSA) is 189 Å². The summed E-state index contributed by atoms with van der Waals surface area (Å²) in [6, 6.07) is 5.81. The van der Waals surface area contributed by atoms with E-state index in [0.29, 0.717) is 68.9 Å². The Labute approximate surface area is 368 Å². The summed E-state index contributed by atoms with van der Waals surface area (Å²) in [6.07, 6.45) is 8.13. The van der Waals surface area contributed by atoms with Gasteiger partial charge in [-0.25, -0.2) is 18.3 Å². The van der Waals surface area contributed by atoms with Crippen molar-refractivity contribution >= 4 is 52.4 Å². The first-order chi connectivity index (χ1) is 31.0. The number of carbonyl (C=O) groups is 5. The van der Waals surface area contributed by atoms with Gasteiger partial charge in [-0.3, -0.25) is 38.5 Å². The first-order valence-electron chi connectivity index (χ1n) is 22.3. The van der Waals surface area contributed by atoms with Crippen LogP contribution in [0.1, 0.15) is 107 Å². The van der Waals surface area contributed by atoms with E-state index in [2.05, 4.69) is 35.6 Å². The van der Waals surface area contributed by atoms with Gasteiger partial charge >= 0.3 is 0 Å². The number of hydrogen-bond donors (Lipinski definition) is 2. The number of benzene rings is 1. The fourth-order valence-corrected chi connectivity index (χ4v) is 9.66. The molecule has 0 bridgehead atoms. The van der Waals surface area contributed by atoms with Crippen LogP contribution in [0.15, 0.2) is 42.9 Å². The standard InChI is InChI=1S/C44H53F2N11O7/c1-52-36(58)11-10-34(43(52)61)57-42(60)30-4-2-5-32(37(30)44(57)62)47-15-3-21-64-29-12-16-53(17-13-29)25-27-6-8-28(9-7-27)56-26-33(38(51-56)39(45)46)49-41(59)31-24-48-55-18-14-35(50-40(31)55)54-19-22-63-23-20-54/h2,4-5,14,18,24,26-29,34,39,47H,3,6-13,15-17,19-23,25H2,1H3,(H,49,59). The molecule has 3 saturated heterocycles. The molecule has 20 heteroatoms. The Bertz CT molecular complexity index is 2400. The number of ether oxygens (including phenoxy) is 2. The maximum absolute atomic E-state index is 14.3. The van der Waals surface area contributed by atoms with Crippen LogP contribution in [0.4, 0.5) is 26.0 Å². The summed E-state index contributed by atoms with van der Waals surface area (Å²) in [6.45, 7) is 6.38. The number of likely N-dealkylation sites (tertiary alicyclic amines) is 2. The average Bonchev–Trinajstić information content (AvgIpc) is 4.01. The summed E-state index contributed by atoms with van der Waals surface area (Å²) in [4.78, 5) is 76.2. The van der Waals surface area contributed by atoms with Gasteiger partial charge in [-0.15, -0.1) is 0 Å². The van der Waals surface area contributed by atoms with E-state index >= 15 is 0 Å². The van der Waals surface area contributed by atoms with Crippen molar-refractivity contribution in [2.45, 2.75) is 82.4 Å². The predicted molar refractivity (Wildman–Crippen MR) is 228 cm³/mol. The lowest BCUT2D eigenvalue weighted by atomic mass is 9.85. The van der Waals surface area contributed by atoms with E-state index in [-0.39, 0.29) is 53.3 Å². The molecule has 64 heavy (non-hydrogen) atoms. The fourth-order valence-electron chi connectivity index (χ4n) is 9.66. The van der Waals surface area contributed by atoms with Gasteiger partial charge in [-0.2, -0.15) is 10.2 Å². The lowest BCUT2D eigenvalue weighted by Gasteiger charge is -2.36. The molecule has 0 spiro atoms. The van der Waals surface area contributed by atoms with Crippen LogP contribution in [0.2, 0.25) is 0 Å². The van der Waals surface area contributed by atoms with Gasteiger partial charge in [-0.05, 0) is 75.5 Å². The largest absolute Gasteiger partial charge is 0.384 e. The number of alkyl halides is 2. The lowest BCUT2D eigenvalue weighted by molar-refractivity contribution is -0.149. The van der Waals surface area contributed by atoms with Gasteiger partial charge in [0.2, 0.25) is 5.91 Å². The van der Waals surface area contributed by atoms with E-state index in [9.17, 15) is 32.8 Å². The highest BCUT2D eigenvalue weighted by Crippen LogP contribution is 2.37. The summed E-state index contributed by atoms with van der Waals surface area (Å²) in [7, 11) is 1.37. The van der Waals surface area contributed by atoms with Crippen LogP contribution in [-0.4, -0.2) is 147 Å². The average molecular weight is 886 g/mol. The summed E-state index contributed by atoms with van der Waals surface area (Å²) >= 11 is 0. The van der Waals surface area contributed by atoms with Crippen molar-refractivity contribution in [3.05, 3.63) is 65.2 Å². The SMILES string of the molecule is CN1C(=O)CCC(N2C(=O)c3cccc(NCCCOC4CCN(CC5CCC(n6cc(NC(=O)c7cnn8ccc(N9CCOCC9)nc78)c(C(F)F)n6)CC5)CC4)c3C2=O)C1=O. The van der Waals surface area contributed by atoms with Gasteiger partial charge in [0.1, 0.15) is 17.4 Å². The Kier molecular flexibility index (Phi) is 12.7. The molecule has 1 saturated carbocycles. The molecule has 18 nitrogen and oxygen atoms in total. The van der Waals surface area contributed by atoms with Crippen molar-refractivity contribution in [2.75, 3.05) is 81.7 Å². The van der Waals surface area contributed by atoms with E-state index in [4.69, 9.17) is 9.47 Å². The van der Waals surface area contributed by atoms with Crippen LogP contribution >= 0.6 is 0 Å². The molecule has 1 aromatic carbocycles. The van der Waals surface area contributed by atoms with Gasteiger partial charge in [-0.1, -0.05) is 6.07 Å². The Balaban J connectivity index is 0.702. The van der Waals surface area contributed by atoms with Crippen molar-refractivity contribution in [3.8, 4) is 0 Å². The van der Waals surface area contributed by atoms with Gasteiger partial charge in [0.25, 0.3) is 30.1 Å². The van der Waals surface area contributed by atoms with Crippen molar-refractivity contribution in [1.82, 2.24) is 39.1 Å². The van der Waals surface area contributed by atoms with Crippen molar-refractivity contribution in [1.29, 1.82) is 0 Å². The van der Waals surface area contributed by atoms with Crippen LogP contribution in [0.5, 0.6) is 0 Å². The van der Waals surface area contributed by atoms with Crippen LogP contribution < -0.4 is 15.5 Å². The number of halogens is 2. The molecule has 4 aliphatic heterocycles. The second kappa shape index (κ2) is 18.7. The predicted octanol–water partition coefficient (Wildman–Crippen LogP) is 4.41. The number of anilines is 3. The monoisotopic (exact) mass is 885 g/mol. The zero-order chi connectivity index (χ0) is 44.5. The molecule has 1 aliphatic carbocycles. The Morgan fingerprint density at radius 1 is 0.953 bits per heavy atom. The summed E-state index contributed by atoms with van der Waals surface area (Å²) < 4.78 is 43.3. The van der Waals surface area contributed by atoms with Crippen molar-refractivity contribution in [3.63, 3.8) is 0 Å². The molecular weight excluding hydrogens is 833 g/mol. The molecule has 1 unspecified atom stereocenters. The van der Waals surface area contributed by atoms with Crippen LogP contribution in [-0.2, 0) is 19.1 Å². The van der Waals surface area contributed by atoms with Crippen molar-refractivity contribution in [2.24, 2.45) is 5.92 Å². The molecule has 4 aromatic rings. The van der Waals surface area contributed by atoms with E-state index < -0.39 is 41.8 Å². The quantitative estimate of drug-likeness (QED) is 0.134. The first kappa shape index (κ1) is 43.4. The van der Waals surface area contributed by atoms with E-state index in [1.54, 1.807) is 29.1 Å². The van der Waals surface area contributed by atoms with Gasteiger partial charge in [0.05, 0.1) is 48.4 Å². The molecule has 9 rings (SSSR count). The summed E-state index contributed by atoms with van der Waals surface area (Å²) in [5, 5.41) is 14.5. The minimum atomic E-state index is -2.87. The number of fused-ring (bicyclic) bond motifs is 2. The van der Waals surface area contributed by atoms with Crippen LogP contribution in [0.25, 0.3) is 5.65 Å².